The van der Waals surface area contributed by atoms with Gasteiger partial charge in [0.05, 0.1) is 5.69 Å². The molecule has 0 saturated carbocycles. The monoisotopic (exact) mass is 423 g/mol. The average molecular weight is 424 g/mol. The molecule has 0 bridgehead atoms. The summed E-state index contributed by atoms with van der Waals surface area (Å²) in [6.07, 6.45) is -0.300. The number of hydrogen-bond donors (Lipinski definition) is 2. The molecular formula is C23H25N3O3S. The van der Waals surface area contributed by atoms with E-state index < -0.39 is 17.7 Å². The van der Waals surface area contributed by atoms with Gasteiger partial charge in [0.25, 0.3) is 0 Å². The lowest BCUT2D eigenvalue weighted by Gasteiger charge is -2.23. The van der Waals surface area contributed by atoms with Crippen LogP contribution < -0.4 is 10.6 Å². The SMILES string of the molecule is CC(C)(C)OC(=O)NC(Cc1ccccc1)C(=O)Nc1nc(-c2ccccc2)cs1. The second kappa shape index (κ2) is 9.54. The van der Waals surface area contributed by atoms with Crippen LogP contribution >= 0.6 is 11.3 Å². The summed E-state index contributed by atoms with van der Waals surface area (Å²) in [5.74, 6) is -0.348. The minimum absolute atomic E-state index is 0.336. The molecule has 0 fully saturated rings. The highest BCUT2D eigenvalue weighted by molar-refractivity contribution is 7.14. The summed E-state index contributed by atoms with van der Waals surface area (Å²) in [6, 6.07) is 18.5. The molecule has 3 aromatic rings. The number of benzene rings is 2. The molecule has 1 aromatic heterocycles. The normalized spacial score (nSPS) is 12.1. The first kappa shape index (κ1) is 21.5. The number of aromatic nitrogens is 1. The summed E-state index contributed by atoms with van der Waals surface area (Å²) >= 11 is 1.34. The highest BCUT2D eigenvalue weighted by Crippen LogP contribution is 2.24. The highest BCUT2D eigenvalue weighted by atomic mass is 32.1. The molecule has 2 N–H and O–H groups in total. The zero-order valence-electron chi connectivity index (χ0n) is 17.2. The maximum absolute atomic E-state index is 12.9. The van der Waals surface area contributed by atoms with E-state index in [0.717, 1.165) is 16.8 Å². The lowest BCUT2D eigenvalue weighted by Crippen LogP contribution is -2.47. The van der Waals surface area contributed by atoms with Gasteiger partial charge in [0.2, 0.25) is 5.91 Å². The van der Waals surface area contributed by atoms with Crippen molar-refractivity contribution < 1.29 is 14.3 Å². The average Bonchev–Trinajstić information content (AvgIpc) is 3.16. The first-order valence-electron chi connectivity index (χ1n) is 9.65. The van der Waals surface area contributed by atoms with E-state index in [1.807, 2.05) is 66.0 Å². The molecule has 0 aliphatic heterocycles. The van der Waals surface area contributed by atoms with Gasteiger partial charge in [0.15, 0.2) is 5.13 Å². The van der Waals surface area contributed by atoms with Gasteiger partial charge in [-0.1, -0.05) is 60.7 Å². The van der Waals surface area contributed by atoms with Gasteiger partial charge in [-0.15, -0.1) is 11.3 Å². The Morgan fingerprint density at radius 1 is 1.03 bits per heavy atom. The molecule has 0 radical (unpaired) electrons. The first-order chi connectivity index (χ1) is 14.3. The predicted molar refractivity (Wildman–Crippen MR) is 119 cm³/mol. The van der Waals surface area contributed by atoms with E-state index in [0.29, 0.717) is 11.6 Å². The predicted octanol–water partition coefficient (Wildman–Crippen LogP) is 4.88. The Hall–Kier alpha value is -3.19. The molecule has 0 saturated heterocycles. The van der Waals surface area contributed by atoms with Crippen molar-refractivity contribution in [2.24, 2.45) is 0 Å². The molecular weight excluding hydrogens is 398 g/mol. The largest absolute Gasteiger partial charge is 0.444 e. The third-order valence-corrected chi connectivity index (χ3v) is 4.85. The number of ether oxygens (including phenoxy) is 1. The van der Waals surface area contributed by atoms with Crippen molar-refractivity contribution in [1.82, 2.24) is 10.3 Å². The van der Waals surface area contributed by atoms with Crippen LogP contribution in [0.3, 0.4) is 0 Å². The zero-order valence-corrected chi connectivity index (χ0v) is 18.0. The Bertz CT molecular complexity index is 982. The van der Waals surface area contributed by atoms with Crippen molar-refractivity contribution in [3.8, 4) is 11.3 Å². The Kier molecular flexibility index (Phi) is 6.84. The van der Waals surface area contributed by atoms with E-state index in [1.165, 1.54) is 11.3 Å². The maximum Gasteiger partial charge on any atom is 0.408 e. The molecule has 3 rings (SSSR count). The second-order valence-corrected chi connectivity index (χ2v) is 8.64. The van der Waals surface area contributed by atoms with Crippen molar-refractivity contribution in [2.75, 3.05) is 5.32 Å². The number of rotatable bonds is 6. The van der Waals surface area contributed by atoms with Crippen molar-refractivity contribution in [3.05, 3.63) is 71.6 Å². The van der Waals surface area contributed by atoms with Gasteiger partial charge in [-0.05, 0) is 26.3 Å². The standard InChI is InChI=1S/C23H25N3O3S/c1-23(2,3)29-22(28)25-18(14-16-10-6-4-7-11-16)20(27)26-21-24-19(15-30-21)17-12-8-5-9-13-17/h4-13,15,18H,14H2,1-3H3,(H,25,28)(H,24,26,27). The van der Waals surface area contributed by atoms with E-state index in [9.17, 15) is 9.59 Å². The van der Waals surface area contributed by atoms with Crippen molar-refractivity contribution in [2.45, 2.75) is 38.8 Å². The van der Waals surface area contributed by atoms with Crippen molar-refractivity contribution >= 4 is 28.5 Å². The topological polar surface area (TPSA) is 80.3 Å². The van der Waals surface area contributed by atoms with Crippen LogP contribution in [0.5, 0.6) is 0 Å². The fraction of sp³-hybridized carbons (Fsp3) is 0.261. The molecule has 0 aliphatic rings. The molecule has 156 valence electrons. The molecule has 1 unspecified atom stereocenters. The molecule has 0 aliphatic carbocycles. The Morgan fingerprint density at radius 2 is 1.67 bits per heavy atom. The summed E-state index contributed by atoms with van der Waals surface area (Å²) < 4.78 is 5.33. The quantitative estimate of drug-likeness (QED) is 0.592. The molecule has 1 atom stereocenters. The Labute approximate surface area is 180 Å². The van der Waals surface area contributed by atoms with Crippen molar-refractivity contribution in [3.63, 3.8) is 0 Å². The number of carbonyl (C=O) groups is 2. The highest BCUT2D eigenvalue weighted by Gasteiger charge is 2.25. The molecule has 0 spiro atoms. The summed E-state index contributed by atoms with van der Waals surface area (Å²) in [6.45, 7) is 5.33. The lowest BCUT2D eigenvalue weighted by molar-refractivity contribution is -0.118. The van der Waals surface area contributed by atoms with Crippen LogP contribution in [0.2, 0.25) is 0 Å². The first-order valence-corrected chi connectivity index (χ1v) is 10.5. The van der Waals surface area contributed by atoms with Crippen LogP contribution in [-0.4, -0.2) is 28.6 Å². The van der Waals surface area contributed by atoms with Gasteiger partial charge in [-0.2, -0.15) is 0 Å². The van der Waals surface area contributed by atoms with Crippen molar-refractivity contribution in [1.29, 1.82) is 0 Å². The number of amides is 2. The number of anilines is 1. The number of carbonyl (C=O) groups excluding carboxylic acids is 2. The van der Waals surface area contributed by atoms with E-state index in [2.05, 4.69) is 15.6 Å². The second-order valence-electron chi connectivity index (χ2n) is 7.78. The number of nitrogens with zero attached hydrogens (tertiary/aromatic N) is 1. The lowest BCUT2D eigenvalue weighted by atomic mass is 10.1. The fourth-order valence-corrected chi connectivity index (χ4v) is 3.50. The van der Waals surface area contributed by atoms with Crippen LogP contribution in [0, 0.1) is 0 Å². The van der Waals surface area contributed by atoms with Crippen LogP contribution in [0.4, 0.5) is 9.93 Å². The van der Waals surface area contributed by atoms with Gasteiger partial charge in [0.1, 0.15) is 11.6 Å². The number of alkyl carbamates (subject to hydrolysis) is 1. The van der Waals surface area contributed by atoms with Gasteiger partial charge >= 0.3 is 6.09 Å². The smallest absolute Gasteiger partial charge is 0.408 e. The summed E-state index contributed by atoms with van der Waals surface area (Å²) in [7, 11) is 0. The number of hydrogen-bond acceptors (Lipinski definition) is 5. The minimum Gasteiger partial charge on any atom is -0.444 e. The summed E-state index contributed by atoms with van der Waals surface area (Å²) in [5.41, 5.74) is 2.04. The number of nitrogens with one attached hydrogen (secondary N) is 2. The van der Waals surface area contributed by atoms with Gasteiger partial charge < -0.3 is 15.4 Å². The van der Waals surface area contributed by atoms with Crippen LogP contribution in [0.15, 0.2) is 66.0 Å². The molecule has 1 heterocycles. The molecule has 2 aromatic carbocycles. The molecule has 2 amide bonds. The van der Waals surface area contributed by atoms with E-state index in [4.69, 9.17) is 4.74 Å². The summed E-state index contributed by atoms with van der Waals surface area (Å²) in [5, 5.41) is 7.87. The number of thiazole rings is 1. The van der Waals surface area contributed by atoms with Gasteiger partial charge in [0, 0.05) is 17.4 Å². The third kappa shape index (κ3) is 6.42. The Morgan fingerprint density at radius 3 is 2.30 bits per heavy atom. The Balaban J connectivity index is 1.72. The summed E-state index contributed by atoms with van der Waals surface area (Å²) in [4.78, 5) is 29.7. The molecule has 30 heavy (non-hydrogen) atoms. The maximum atomic E-state index is 12.9. The van der Waals surface area contributed by atoms with Gasteiger partial charge in [-0.3, -0.25) is 4.79 Å². The van der Waals surface area contributed by atoms with Gasteiger partial charge in [-0.25, -0.2) is 9.78 Å². The fourth-order valence-electron chi connectivity index (χ4n) is 2.77. The van der Waals surface area contributed by atoms with E-state index >= 15 is 0 Å². The van der Waals surface area contributed by atoms with Crippen LogP contribution in [-0.2, 0) is 16.0 Å². The van der Waals surface area contributed by atoms with E-state index in [-0.39, 0.29) is 5.91 Å². The zero-order chi connectivity index (χ0) is 21.6. The minimum atomic E-state index is -0.800. The van der Waals surface area contributed by atoms with E-state index in [1.54, 1.807) is 20.8 Å². The van der Waals surface area contributed by atoms with Crippen LogP contribution in [0.25, 0.3) is 11.3 Å². The third-order valence-electron chi connectivity index (χ3n) is 4.09. The molecule has 7 heteroatoms. The van der Waals surface area contributed by atoms with Crippen LogP contribution in [0.1, 0.15) is 26.3 Å². The molecule has 6 nitrogen and oxygen atoms in total.